The molecule has 0 radical (unpaired) electrons. The number of ether oxygens (including phenoxy) is 1. The molecule has 6 heteroatoms. The van der Waals surface area contributed by atoms with Crippen LogP contribution in [0.1, 0.15) is 0 Å². The summed E-state index contributed by atoms with van der Waals surface area (Å²) in [5.74, 6) is -0.445. The molecule has 0 saturated heterocycles. The van der Waals surface area contributed by atoms with Crippen molar-refractivity contribution >= 4 is 34.2 Å². The van der Waals surface area contributed by atoms with E-state index in [0.717, 1.165) is 22.2 Å². The normalized spacial score (nSPS) is 11.3. The second kappa shape index (κ2) is 6.24. The second-order valence-corrected chi connectivity index (χ2v) is 5.66. The van der Waals surface area contributed by atoms with Gasteiger partial charge in [-0.25, -0.2) is 9.37 Å². The molecule has 3 rings (SSSR count). The van der Waals surface area contributed by atoms with Crippen molar-refractivity contribution in [3.8, 4) is 11.1 Å². The van der Waals surface area contributed by atoms with E-state index in [4.69, 9.17) is 27.9 Å². The molecular weight excluding hydrogens is 326 g/mol. The van der Waals surface area contributed by atoms with E-state index in [-0.39, 0.29) is 5.02 Å². The lowest BCUT2D eigenvalue weighted by atomic mass is 10.1. The Hall–Kier alpha value is -1.62. The summed E-state index contributed by atoms with van der Waals surface area (Å²) in [6, 6.07) is 8.37. The number of aromatic nitrogens is 2. The van der Waals surface area contributed by atoms with Crippen molar-refractivity contribution < 1.29 is 9.13 Å². The van der Waals surface area contributed by atoms with Crippen molar-refractivity contribution in [2.24, 2.45) is 0 Å². The van der Waals surface area contributed by atoms with Crippen molar-refractivity contribution in [1.29, 1.82) is 0 Å². The fraction of sp³-hybridized carbons (Fsp3) is 0.188. The van der Waals surface area contributed by atoms with Crippen LogP contribution in [-0.2, 0) is 11.3 Å². The zero-order chi connectivity index (χ0) is 15.7. The molecule has 0 amide bonds. The third-order valence-electron chi connectivity index (χ3n) is 3.46. The first-order valence-corrected chi connectivity index (χ1v) is 7.45. The highest BCUT2D eigenvalue weighted by Gasteiger charge is 2.13. The molecule has 0 fully saturated rings. The predicted octanol–water partition coefficient (Wildman–Crippen LogP) is 4.80. The van der Waals surface area contributed by atoms with E-state index in [0.29, 0.717) is 18.3 Å². The maximum absolute atomic E-state index is 13.7. The molecule has 0 bridgehead atoms. The fourth-order valence-corrected chi connectivity index (χ4v) is 2.66. The summed E-state index contributed by atoms with van der Waals surface area (Å²) in [5.41, 5.74) is 2.37. The van der Waals surface area contributed by atoms with Gasteiger partial charge in [0.15, 0.2) is 0 Å². The smallest absolute Gasteiger partial charge is 0.142 e. The van der Waals surface area contributed by atoms with Gasteiger partial charge < -0.3 is 9.30 Å². The largest absolute Gasteiger partial charge is 0.383 e. The van der Waals surface area contributed by atoms with E-state index in [1.54, 1.807) is 25.3 Å². The van der Waals surface area contributed by atoms with Gasteiger partial charge >= 0.3 is 0 Å². The van der Waals surface area contributed by atoms with Gasteiger partial charge in [-0.15, -0.1) is 0 Å². The molecule has 0 aliphatic rings. The van der Waals surface area contributed by atoms with Gasteiger partial charge in [-0.2, -0.15) is 0 Å². The van der Waals surface area contributed by atoms with Gasteiger partial charge in [0.2, 0.25) is 0 Å². The Morgan fingerprint density at radius 1 is 1.23 bits per heavy atom. The van der Waals surface area contributed by atoms with Gasteiger partial charge in [0.1, 0.15) is 16.6 Å². The predicted molar refractivity (Wildman–Crippen MR) is 87.0 cm³/mol. The highest BCUT2D eigenvalue weighted by molar-refractivity contribution is 6.31. The highest BCUT2D eigenvalue weighted by Crippen LogP contribution is 2.32. The highest BCUT2D eigenvalue weighted by atomic mass is 35.5. The summed E-state index contributed by atoms with van der Waals surface area (Å²) in [6.45, 7) is 1.18. The second-order valence-electron chi connectivity index (χ2n) is 4.86. The molecule has 0 spiro atoms. The number of fused-ring (bicyclic) bond motifs is 1. The number of benzene rings is 1. The molecule has 3 nitrogen and oxygen atoms in total. The summed E-state index contributed by atoms with van der Waals surface area (Å²) in [7, 11) is 1.64. The minimum atomic E-state index is -0.445. The first-order valence-electron chi connectivity index (χ1n) is 6.70. The average Bonchev–Trinajstić information content (AvgIpc) is 2.86. The van der Waals surface area contributed by atoms with Crippen LogP contribution in [0.15, 0.2) is 36.5 Å². The number of hydrogen-bond donors (Lipinski definition) is 0. The summed E-state index contributed by atoms with van der Waals surface area (Å²) in [5, 5.41) is 1.42. The molecule has 2 heterocycles. The molecule has 3 aromatic rings. The molecule has 2 aromatic heterocycles. The Bertz CT molecular complexity index is 832. The van der Waals surface area contributed by atoms with E-state index in [2.05, 4.69) is 4.98 Å². The van der Waals surface area contributed by atoms with Gasteiger partial charge in [-0.1, -0.05) is 29.3 Å². The molecule has 0 N–H and O–H groups in total. The van der Waals surface area contributed by atoms with Gasteiger partial charge in [-0.05, 0) is 29.8 Å². The monoisotopic (exact) mass is 338 g/mol. The van der Waals surface area contributed by atoms with Gasteiger partial charge in [0.05, 0.1) is 11.6 Å². The van der Waals surface area contributed by atoms with Crippen LogP contribution in [0, 0.1) is 5.82 Å². The Balaban J connectivity index is 2.18. The molecule has 0 atom stereocenters. The number of halogens is 3. The SMILES string of the molecule is COCCn1cc(-c2ccc(Cl)c(F)c2)c2ccc(Cl)nc21. The number of nitrogens with zero attached hydrogens (tertiary/aromatic N) is 2. The third kappa shape index (κ3) is 2.82. The summed E-state index contributed by atoms with van der Waals surface area (Å²) in [6.07, 6.45) is 1.93. The standard InChI is InChI=1S/C16H13Cl2FN2O/c1-22-7-6-21-9-12(10-2-4-13(17)14(19)8-10)11-3-5-15(18)20-16(11)21/h2-5,8-9H,6-7H2,1H3. The fourth-order valence-electron chi connectivity index (χ4n) is 2.39. The van der Waals surface area contributed by atoms with Crippen LogP contribution in [-0.4, -0.2) is 23.3 Å². The average molecular weight is 339 g/mol. The first kappa shape index (κ1) is 15.3. The maximum Gasteiger partial charge on any atom is 0.142 e. The molecule has 1 aromatic carbocycles. The number of pyridine rings is 1. The zero-order valence-corrected chi connectivity index (χ0v) is 13.3. The van der Waals surface area contributed by atoms with Crippen LogP contribution < -0.4 is 0 Å². The Morgan fingerprint density at radius 3 is 2.77 bits per heavy atom. The molecule has 0 aliphatic heterocycles. The lowest BCUT2D eigenvalue weighted by Gasteiger charge is -2.03. The molecule has 0 saturated carbocycles. The van der Waals surface area contributed by atoms with Gasteiger partial charge in [0, 0.05) is 30.8 Å². The van der Waals surface area contributed by atoms with Crippen LogP contribution in [0.25, 0.3) is 22.2 Å². The molecule has 0 aliphatic carbocycles. The van der Waals surface area contributed by atoms with Crippen molar-refractivity contribution in [2.75, 3.05) is 13.7 Å². The van der Waals surface area contributed by atoms with Crippen molar-refractivity contribution in [3.63, 3.8) is 0 Å². The number of methoxy groups -OCH3 is 1. The van der Waals surface area contributed by atoms with E-state index >= 15 is 0 Å². The van der Waals surface area contributed by atoms with Crippen LogP contribution in [0.2, 0.25) is 10.2 Å². The topological polar surface area (TPSA) is 27.1 Å². The minimum Gasteiger partial charge on any atom is -0.383 e. The minimum absolute atomic E-state index is 0.105. The van der Waals surface area contributed by atoms with Gasteiger partial charge in [-0.3, -0.25) is 0 Å². The molecule has 22 heavy (non-hydrogen) atoms. The Labute approximate surface area is 137 Å². The van der Waals surface area contributed by atoms with Crippen LogP contribution in [0.4, 0.5) is 4.39 Å². The third-order valence-corrected chi connectivity index (χ3v) is 3.97. The van der Waals surface area contributed by atoms with Crippen LogP contribution in [0.3, 0.4) is 0 Å². The van der Waals surface area contributed by atoms with Gasteiger partial charge in [0.25, 0.3) is 0 Å². The first-order chi connectivity index (χ1) is 10.6. The molecule has 0 unspecified atom stereocenters. The van der Waals surface area contributed by atoms with E-state index in [9.17, 15) is 4.39 Å². The Morgan fingerprint density at radius 2 is 2.05 bits per heavy atom. The lowest BCUT2D eigenvalue weighted by Crippen LogP contribution is -2.03. The van der Waals surface area contributed by atoms with Crippen molar-refractivity contribution in [1.82, 2.24) is 9.55 Å². The van der Waals surface area contributed by atoms with Crippen LogP contribution >= 0.6 is 23.2 Å². The summed E-state index contributed by atoms with van der Waals surface area (Å²) in [4.78, 5) is 4.37. The number of rotatable bonds is 4. The summed E-state index contributed by atoms with van der Waals surface area (Å²) >= 11 is 11.7. The van der Waals surface area contributed by atoms with Crippen molar-refractivity contribution in [3.05, 3.63) is 52.5 Å². The number of hydrogen-bond acceptors (Lipinski definition) is 2. The Kier molecular flexibility index (Phi) is 4.34. The van der Waals surface area contributed by atoms with Crippen LogP contribution in [0.5, 0.6) is 0 Å². The van der Waals surface area contributed by atoms with E-state index in [1.807, 2.05) is 16.8 Å². The quantitative estimate of drug-likeness (QED) is 0.639. The summed E-state index contributed by atoms with van der Waals surface area (Å²) < 4.78 is 20.8. The van der Waals surface area contributed by atoms with E-state index < -0.39 is 5.82 Å². The zero-order valence-electron chi connectivity index (χ0n) is 11.8. The lowest BCUT2D eigenvalue weighted by molar-refractivity contribution is 0.188. The molecular formula is C16H13Cl2FN2O. The van der Waals surface area contributed by atoms with E-state index in [1.165, 1.54) is 6.07 Å². The maximum atomic E-state index is 13.7. The van der Waals surface area contributed by atoms with Crippen molar-refractivity contribution in [2.45, 2.75) is 6.54 Å². The molecule has 114 valence electrons.